The lowest BCUT2D eigenvalue weighted by molar-refractivity contribution is -0.130. The van der Waals surface area contributed by atoms with Crippen LogP contribution in [-0.4, -0.2) is 77.6 Å². The Hall–Kier alpha value is -4.41. The van der Waals surface area contributed by atoms with Crippen molar-refractivity contribution >= 4 is 27.5 Å². The lowest BCUT2D eigenvalue weighted by Gasteiger charge is -2.32. The zero-order valence-corrected chi connectivity index (χ0v) is 28.0. The van der Waals surface area contributed by atoms with Crippen LogP contribution >= 0.6 is 0 Å². The van der Waals surface area contributed by atoms with E-state index in [-0.39, 0.29) is 29.2 Å². The summed E-state index contributed by atoms with van der Waals surface area (Å²) < 4.78 is 28.9. The van der Waals surface area contributed by atoms with Gasteiger partial charge in [0.15, 0.2) is 0 Å². The van der Waals surface area contributed by atoms with Gasteiger partial charge in [-0.3, -0.25) is 14.6 Å². The van der Waals surface area contributed by atoms with Crippen molar-refractivity contribution in [3.63, 3.8) is 0 Å². The van der Waals surface area contributed by atoms with Gasteiger partial charge in [0.05, 0.1) is 11.7 Å². The van der Waals surface area contributed by atoms with Crippen LogP contribution in [-0.2, 0) is 26.0 Å². The van der Waals surface area contributed by atoms with Crippen LogP contribution in [0.15, 0.2) is 71.9 Å². The minimum atomic E-state index is -3.73. The summed E-state index contributed by atoms with van der Waals surface area (Å²) >= 11 is 0. The summed E-state index contributed by atoms with van der Waals surface area (Å²) in [5.41, 5.74) is 15.7. The number of rotatable bonds is 11. The van der Waals surface area contributed by atoms with Crippen LogP contribution in [0.3, 0.4) is 0 Å². The molecule has 0 spiro atoms. The second kappa shape index (κ2) is 15.4. The molecule has 2 aromatic heterocycles. The third-order valence-corrected chi connectivity index (χ3v) is 10.9. The van der Waals surface area contributed by atoms with Gasteiger partial charge in [-0.05, 0) is 117 Å². The standard InChI is InChI=1S/C34H42N10O4S/c35-19-23-3-7-26(8-4-23)33(45)44(29-11-9-25(10-12-29)32-39-42-43-40-32)34(46)31(36)17-22-1-5-24(6-2-22)27-18-30(21-38-20-27)49(47,48)41-28-13-15-37-16-14-28/h1-2,5-6,9-12,18,20-21,23,26,28,31,37,41H,3-4,7-8,13-17,19,35-36H2,(H,39,40,42,43)/t23?,26?,31-/m0/s1. The highest BCUT2D eigenvalue weighted by Gasteiger charge is 2.35. The Morgan fingerprint density at radius 3 is 2.27 bits per heavy atom. The molecule has 1 aliphatic heterocycles. The van der Waals surface area contributed by atoms with Crippen molar-refractivity contribution in [2.45, 2.75) is 61.9 Å². The van der Waals surface area contributed by atoms with Gasteiger partial charge in [-0.15, -0.1) is 10.2 Å². The van der Waals surface area contributed by atoms with Gasteiger partial charge in [-0.25, -0.2) is 18.0 Å². The molecule has 6 rings (SSSR count). The molecule has 258 valence electrons. The van der Waals surface area contributed by atoms with Crippen molar-refractivity contribution < 1.29 is 18.0 Å². The number of hydrogen-bond acceptors (Lipinski definition) is 11. The van der Waals surface area contributed by atoms with Crippen molar-refractivity contribution in [2.24, 2.45) is 23.3 Å². The Balaban J connectivity index is 1.17. The van der Waals surface area contributed by atoms with E-state index in [1.165, 1.54) is 11.1 Å². The number of carbonyl (C=O) groups excluding carboxylic acids is 2. The Kier molecular flexibility index (Phi) is 10.8. The monoisotopic (exact) mass is 686 g/mol. The highest BCUT2D eigenvalue weighted by molar-refractivity contribution is 7.89. The number of anilines is 1. The molecule has 0 radical (unpaired) electrons. The molecule has 2 fully saturated rings. The van der Waals surface area contributed by atoms with E-state index < -0.39 is 22.0 Å². The first kappa shape index (κ1) is 34.5. The van der Waals surface area contributed by atoms with Gasteiger partial charge in [-0.2, -0.15) is 5.21 Å². The molecule has 3 heterocycles. The predicted octanol–water partition coefficient (Wildman–Crippen LogP) is 2.15. The molecule has 4 aromatic rings. The Morgan fingerprint density at radius 1 is 0.918 bits per heavy atom. The number of amides is 2. The smallest absolute Gasteiger partial charge is 0.251 e. The number of nitrogens with one attached hydrogen (secondary N) is 3. The van der Waals surface area contributed by atoms with Gasteiger partial charge in [0.1, 0.15) is 4.90 Å². The van der Waals surface area contributed by atoms with E-state index in [4.69, 9.17) is 11.5 Å². The maximum Gasteiger partial charge on any atom is 0.251 e. The van der Waals surface area contributed by atoms with Crippen molar-refractivity contribution in [1.82, 2.24) is 35.6 Å². The summed E-state index contributed by atoms with van der Waals surface area (Å²) in [4.78, 5) is 33.4. The molecule has 15 heteroatoms. The average Bonchev–Trinajstić information content (AvgIpc) is 3.68. The summed E-state index contributed by atoms with van der Waals surface area (Å²) in [6, 6.07) is 14.7. The van der Waals surface area contributed by atoms with Gasteiger partial charge in [-0.1, -0.05) is 24.3 Å². The number of aromatic nitrogens is 5. The van der Waals surface area contributed by atoms with E-state index in [1.54, 1.807) is 36.5 Å². The fourth-order valence-corrected chi connectivity index (χ4v) is 7.82. The molecule has 2 amide bonds. The lowest BCUT2D eigenvalue weighted by Crippen LogP contribution is -2.50. The molecule has 1 aliphatic carbocycles. The fourth-order valence-electron chi connectivity index (χ4n) is 6.53. The van der Waals surface area contributed by atoms with E-state index in [0.29, 0.717) is 47.9 Å². The largest absolute Gasteiger partial charge is 0.330 e. The van der Waals surface area contributed by atoms with Crippen LogP contribution in [0.5, 0.6) is 0 Å². The van der Waals surface area contributed by atoms with Crippen molar-refractivity contribution in [1.29, 1.82) is 0 Å². The van der Waals surface area contributed by atoms with E-state index in [9.17, 15) is 18.0 Å². The van der Waals surface area contributed by atoms with Crippen LogP contribution in [0.2, 0.25) is 0 Å². The normalized spacial score (nSPS) is 19.3. The van der Waals surface area contributed by atoms with Crippen LogP contribution < -0.4 is 26.4 Å². The second-order valence-electron chi connectivity index (χ2n) is 12.8. The summed E-state index contributed by atoms with van der Waals surface area (Å²) in [6.45, 7) is 2.13. The predicted molar refractivity (Wildman–Crippen MR) is 184 cm³/mol. The molecule has 1 atom stereocenters. The summed E-state index contributed by atoms with van der Waals surface area (Å²) in [5.74, 6) is -0.292. The SMILES string of the molecule is NCC1CCC(C(=O)N(C(=O)[C@@H](N)Cc2ccc(-c3cncc(S(=O)(=O)NC4CCNCC4)c3)cc2)c2ccc(-c3nn[nH]n3)cc2)CC1. The highest BCUT2D eigenvalue weighted by atomic mass is 32.2. The van der Waals surface area contributed by atoms with Gasteiger partial charge in [0.2, 0.25) is 21.8 Å². The maximum absolute atomic E-state index is 14.0. The number of H-pyrrole nitrogens is 1. The zero-order chi connectivity index (χ0) is 34.4. The molecule has 49 heavy (non-hydrogen) atoms. The van der Waals surface area contributed by atoms with Crippen molar-refractivity contribution in [3.05, 3.63) is 72.6 Å². The summed E-state index contributed by atoms with van der Waals surface area (Å²) in [6.07, 6.45) is 7.61. The van der Waals surface area contributed by atoms with Gasteiger partial charge in [0.25, 0.3) is 5.91 Å². The van der Waals surface area contributed by atoms with Gasteiger partial charge in [0, 0.05) is 35.5 Å². The first-order chi connectivity index (χ1) is 23.7. The van der Waals surface area contributed by atoms with Gasteiger partial charge < -0.3 is 16.8 Å². The quantitative estimate of drug-likeness (QED) is 0.154. The minimum Gasteiger partial charge on any atom is -0.330 e. The van der Waals surface area contributed by atoms with Crippen molar-refractivity contribution in [3.8, 4) is 22.5 Å². The molecular weight excluding hydrogens is 645 g/mol. The number of piperidine rings is 1. The number of hydrogen-bond donors (Lipinski definition) is 5. The van der Waals surface area contributed by atoms with Crippen molar-refractivity contribution in [2.75, 3.05) is 24.5 Å². The molecule has 0 bridgehead atoms. The fraction of sp³-hybridized carbons (Fsp3) is 0.412. The third kappa shape index (κ3) is 8.25. The number of imide groups is 1. The van der Waals surface area contributed by atoms with Crippen LogP contribution in [0.25, 0.3) is 22.5 Å². The number of nitrogens with zero attached hydrogens (tertiary/aromatic N) is 5. The van der Waals surface area contributed by atoms with Crippen LogP contribution in [0.4, 0.5) is 5.69 Å². The molecule has 7 N–H and O–H groups in total. The topological polar surface area (TPSA) is 215 Å². The third-order valence-electron chi connectivity index (χ3n) is 9.44. The number of nitrogens with two attached hydrogens (primary N) is 2. The van der Waals surface area contributed by atoms with E-state index >= 15 is 0 Å². The second-order valence-corrected chi connectivity index (χ2v) is 14.5. The molecule has 2 aromatic carbocycles. The minimum absolute atomic E-state index is 0.104. The highest BCUT2D eigenvalue weighted by Crippen LogP contribution is 2.32. The molecular formula is C34H42N10O4S. The number of tetrazole rings is 1. The van der Waals surface area contributed by atoms with E-state index in [1.807, 2.05) is 24.3 Å². The first-order valence-electron chi connectivity index (χ1n) is 16.7. The first-order valence-corrected chi connectivity index (χ1v) is 18.1. The zero-order valence-electron chi connectivity index (χ0n) is 27.2. The molecule has 1 saturated heterocycles. The number of carbonyl (C=O) groups is 2. The maximum atomic E-state index is 14.0. The van der Waals surface area contributed by atoms with E-state index in [0.717, 1.165) is 49.9 Å². The molecule has 0 unspecified atom stereocenters. The van der Waals surface area contributed by atoms with Gasteiger partial charge >= 0.3 is 0 Å². The van der Waals surface area contributed by atoms with Crippen LogP contribution in [0.1, 0.15) is 44.1 Å². The van der Waals surface area contributed by atoms with E-state index in [2.05, 4.69) is 35.6 Å². The molecule has 14 nitrogen and oxygen atoms in total. The average molecular weight is 687 g/mol. The molecule has 2 aliphatic rings. The molecule has 1 saturated carbocycles. The number of benzene rings is 2. The Morgan fingerprint density at radius 2 is 1.61 bits per heavy atom. The number of sulfonamides is 1. The number of pyridine rings is 1. The van der Waals surface area contributed by atoms with Crippen LogP contribution in [0, 0.1) is 11.8 Å². The lowest BCUT2D eigenvalue weighted by atomic mass is 9.81. The number of aromatic amines is 1. The summed E-state index contributed by atoms with van der Waals surface area (Å²) in [7, 11) is -3.73. The Labute approximate surface area is 285 Å². The Bertz CT molecular complexity index is 1820. The summed E-state index contributed by atoms with van der Waals surface area (Å²) in [5, 5.41) is 17.2.